The summed E-state index contributed by atoms with van der Waals surface area (Å²) in [6.07, 6.45) is 2.22. The maximum absolute atomic E-state index is 13.3. The minimum absolute atomic E-state index is 0.0923. The topological polar surface area (TPSA) is 15.3 Å². The van der Waals surface area contributed by atoms with E-state index in [4.69, 9.17) is 0 Å². The number of nitrogens with one attached hydrogen (secondary N) is 1. The number of piperidine rings is 1. The Morgan fingerprint density at radius 3 is 1.96 bits per heavy atom. The molecule has 0 unspecified atom stereocenters. The molecule has 0 bridgehead atoms. The van der Waals surface area contributed by atoms with E-state index in [9.17, 15) is 4.39 Å². The van der Waals surface area contributed by atoms with Crippen LogP contribution in [0.15, 0.2) is 84.9 Å². The van der Waals surface area contributed by atoms with Crippen LogP contribution in [0.3, 0.4) is 0 Å². The number of halogens is 1. The van der Waals surface area contributed by atoms with Crippen molar-refractivity contribution >= 4 is 5.69 Å². The third kappa shape index (κ3) is 4.10. The summed E-state index contributed by atoms with van der Waals surface area (Å²) < 4.78 is 13.3. The van der Waals surface area contributed by atoms with Crippen molar-refractivity contribution in [2.45, 2.75) is 18.3 Å². The number of nitrogens with zero attached hydrogens (tertiary/aromatic N) is 1. The van der Waals surface area contributed by atoms with Gasteiger partial charge in [-0.1, -0.05) is 66.7 Å². The van der Waals surface area contributed by atoms with Crippen LogP contribution in [0.5, 0.6) is 0 Å². The summed E-state index contributed by atoms with van der Waals surface area (Å²) in [5.74, 6) is -0.196. The van der Waals surface area contributed by atoms with Crippen LogP contribution in [0.4, 0.5) is 10.1 Å². The van der Waals surface area contributed by atoms with Crippen molar-refractivity contribution in [1.29, 1.82) is 0 Å². The second-order valence-electron chi connectivity index (χ2n) is 7.59. The number of benzene rings is 3. The first kappa shape index (κ1) is 18.7. The summed E-state index contributed by atoms with van der Waals surface area (Å²) >= 11 is 0. The van der Waals surface area contributed by atoms with Gasteiger partial charge in [0, 0.05) is 24.2 Å². The molecular weight excluding hydrogens is 347 g/mol. The van der Waals surface area contributed by atoms with E-state index < -0.39 is 0 Å². The smallest absolute Gasteiger partial charge is 0.125 e. The van der Waals surface area contributed by atoms with Crippen molar-refractivity contribution < 1.29 is 4.39 Å². The van der Waals surface area contributed by atoms with Crippen LogP contribution >= 0.6 is 0 Å². The summed E-state index contributed by atoms with van der Waals surface area (Å²) in [4.78, 5) is 2.51. The normalized spacial score (nSPS) is 16.6. The maximum Gasteiger partial charge on any atom is 0.125 e. The zero-order valence-electron chi connectivity index (χ0n) is 16.2. The fourth-order valence-corrected chi connectivity index (χ4v) is 4.37. The molecule has 0 aromatic heterocycles. The zero-order chi connectivity index (χ0) is 19.2. The Labute approximate surface area is 167 Å². The fourth-order valence-electron chi connectivity index (χ4n) is 4.37. The molecule has 3 heteroatoms. The van der Waals surface area contributed by atoms with Crippen LogP contribution < -0.4 is 5.32 Å². The summed E-state index contributed by atoms with van der Waals surface area (Å²) in [6, 6.07) is 28.5. The van der Waals surface area contributed by atoms with Crippen molar-refractivity contribution in [3.63, 3.8) is 0 Å². The van der Waals surface area contributed by atoms with E-state index in [-0.39, 0.29) is 11.2 Å². The lowest BCUT2D eigenvalue weighted by Gasteiger charge is -2.43. The van der Waals surface area contributed by atoms with Gasteiger partial charge in [0.15, 0.2) is 0 Å². The largest absolute Gasteiger partial charge is 0.384 e. The first-order valence-corrected chi connectivity index (χ1v) is 10.1. The molecule has 3 aromatic carbocycles. The lowest BCUT2D eigenvalue weighted by Crippen LogP contribution is -2.44. The van der Waals surface area contributed by atoms with Crippen molar-refractivity contribution in [1.82, 2.24) is 4.90 Å². The number of rotatable bonds is 6. The van der Waals surface area contributed by atoms with Crippen LogP contribution in [-0.2, 0) is 5.41 Å². The number of hydrogen-bond acceptors (Lipinski definition) is 2. The SMILES string of the molecule is Fc1cccc(NCCN2CCC(c3ccccc3)(c3ccccc3)CC2)c1. The van der Waals surface area contributed by atoms with Gasteiger partial charge in [-0.3, -0.25) is 0 Å². The standard InChI is InChI=1S/C25H27FN2/c26-23-12-7-13-24(20-23)27-16-19-28-17-14-25(15-18-28,21-8-3-1-4-9-21)22-10-5-2-6-11-22/h1-13,20,27H,14-19H2. The van der Waals surface area contributed by atoms with Gasteiger partial charge in [0.2, 0.25) is 0 Å². The van der Waals surface area contributed by atoms with Gasteiger partial charge in [0.05, 0.1) is 0 Å². The van der Waals surface area contributed by atoms with Crippen molar-refractivity contribution in [2.24, 2.45) is 0 Å². The molecule has 4 rings (SSSR count). The minimum Gasteiger partial charge on any atom is -0.384 e. The molecule has 28 heavy (non-hydrogen) atoms. The number of hydrogen-bond donors (Lipinski definition) is 1. The van der Waals surface area contributed by atoms with Crippen LogP contribution in [0, 0.1) is 5.82 Å². The molecule has 0 radical (unpaired) electrons. The summed E-state index contributed by atoms with van der Waals surface area (Å²) in [5.41, 5.74) is 3.77. The highest BCUT2D eigenvalue weighted by Gasteiger charge is 2.37. The Balaban J connectivity index is 1.41. The Hall–Kier alpha value is -2.65. The highest BCUT2D eigenvalue weighted by atomic mass is 19.1. The second-order valence-corrected chi connectivity index (χ2v) is 7.59. The summed E-state index contributed by atoms with van der Waals surface area (Å²) in [5, 5.41) is 3.34. The maximum atomic E-state index is 13.3. The molecule has 1 fully saturated rings. The zero-order valence-corrected chi connectivity index (χ0v) is 16.2. The second kappa shape index (κ2) is 8.57. The molecule has 2 nitrogen and oxygen atoms in total. The summed E-state index contributed by atoms with van der Waals surface area (Å²) in [6.45, 7) is 3.92. The Morgan fingerprint density at radius 2 is 1.39 bits per heavy atom. The van der Waals surface area contributed by atoms with Crippen LogP contribution in [0.1, 0.15) is 24.0 Å². The quantitative estimate of drug-likeness (QED) is 0.628. The highest BCUT2D eigenvalue weighted by Crippen LogP contribution is 2.41. The lowest BCUT2D eigenvalue weighted by molar-refractivity contribution is 0.185. The average Bonchev–Trinajstić information content (AvgIpc) is 2.76. The Morgan fingerprint density at radius 1 is 0.786 bits per heavy atom. The fraction of sp³-hybridized carbons (Fsp3) is 0.280. The van der Waals surface area contributed by atoms with E-state index in [2.05, 4.69) is 70.9 Å². The molecule has 0 spiro atoms. The van der Waals surface area contributed by atoms with Crippen molar-refractivity contribution in [3.05, 3.63) is 102 Å². The third-order valence-corrected chi connectivity index (χ3v) is 5.94. The number of anilines is 1. The number of likely N-dealkylation sites (tertiary alicyclic amines) is 1. The molecule has 1 saturated heterocycles. The molecule has 0 amide bonds. The highest BCUT2D eigenvalue weighted by molar-refractivity contribution is 5.43. The van der Waals surface area contributed by atoms with Gasteiger partial charge in [0.1, 0.15) is 5.82 Å². The molecule has 3 aromatic rings. The van der Waals surface area contributed by atoms with Gasteiger partial charge in [-0.25, -0.2) is 4.39 Å². The molecule has 144 valence electrons. The van der Waals surface area contributed by atoms with E-state index in [1.54, 1.807) is 12.1 Å². The van der Waals surface area contributed by atoms with Gasteiger partial charge in [0.25, 0.3) is 0 Å². The van der Waals surface area contributed by atoms with Gasteiger partial charge in [-0.15, -0.1) is 0 Å². The van der Waals surface area contributed by atoms with E-state index in [0.29, 0.717) is 0 Å². The molecule has 1 heterocycles. The molecule has 1 aliphatic heterocycles. The van der Waals surface area contributed by atoms with Crippen molar-refractivity contribution in [3.8, 4) is 0 Å². The third-order valence-electron chi connectivity index (χ3n) is 5.94. The average molecular weight is 375 g/mol. The van der Waals surface area contributed by atoms with Gasteiger partial charge in [-0.2, -0.15) is 0 Å². The van der Waals surface area contributed by atoms with Crippen LogP contribution in [-0.4, -0.2) is 31.1 Å². The van der Waals surface area contributed by atoms with Gasteiger partial charge in [-0.05, 0) is 55.3 Å². The molecular formula is C25H27FN2. The predicted octanol–water partition coefficient (Wildman–Crippen LogP) is 5.32. The van der Waals surface area contributed by atoms with Gasteiger partial charge >= 0.3 is 0 Å². The first-order chi connectivity index (χ1) is 13.8. The van der Waals surface area contributed by atoms with Crippen molar-refractivity contribution in [2.75, 3.05) is 31.5 Å². The van der Waals surface area contributed by atoms with Crippen LogP contribution in [0.2, 0.25) is 0 Å². The van der Waals surface area contributed by atoms with Crippen LogP contribution in [0.25, 0.3) is 0 Å². The molecule has 1 N–H and O–H groups in total. The molecule has 0 aliphatic carbocycles. The summed E-state index contributed by atoms with van der Waals surface area (Å²) in [7, 11) is 0. The van der Waals surface area contributed by atoms with Gasteiger partial charge < -0.3 is 10.2 Å². The predicted molar refractivity (Wildman–Crippen MR) is 114 cm³/mol. The molecule has 1 aliphatic rings. The Kier molecular flexibility index (Phi) is 5.73. The van der Waals surface area contributed by atoms with E-state index in [0.717, 1.165) is 44.7 Å². The lowest BCUT2D eigenvalue weighted by atomic mass is 9.68. The molecule has 0 atom stereocenters. The first-order valence-electron chi connectivity index (χ1n) is 10.1. The Bertz CT molecular complexity index is 830. The van der Waals surface area contributed by atoms with E-state index in [1.807, 2.05) is 6.07 Å². The van der Waals surface area contributed by atoms with E-state index >= 15 is 0 Å². The van der Waals surface area contributed by atoms with E-state index in [1.165, 1.54) is 17.2 Å². The molecule has 0 saturated carbocycles. The monoisotopic (exact) mass is 374 g/mol. The minimum atomic E-state index is -0.196.